The Bertz CT molecular complexity index is 1150. The van der Waals surface area contributed by atoms with Gasteiger partial charge in [-0.05, 0) is 49.2 Å². The first-order chi connectivity index (χ1) is 15.7. The molecule has 1 heterocycles. The minimum atomic E-state index is -4.14. The van der Waals surface area contributed by atoms with Crippen LogP contribution in [-0.2, 0) is 14.8 Å². The van der Waals surface area contributed by atoms with Gasteiger partial charge >= 0.3 is 0 Å². The number of hydrogen-bond acceptors (Lipinski definition) is 4. The van der Waals surface area contributed by atoms with Gasteiger partial charge in [-0.25, -0.2) is 12.8 Å². The minimum absolute atomic E-state index is 0.0404. The number of quaternary nitrogens is 1. The molecular weight excluding hydrogens is 471 g/mol. The molecule has 2 fully saturated rings. The molecule has 0 bridgehead atoms. The number of carbonyl (C=O) groups excluding carboxylic acids is 2. The summed E-state index contributed by atoms with van der Waals surface area (Å²) in [4.78, 5) is 27.6. The fourth-order valence-corrected chi connectivity index (χ4v) is 4.83. The van der Waals surface area contributed by atoms with Crippen LogP contribution in [0.2, 0.25) is 5.02 Å². The van der Waals surface area contributed by atoms with Crippen LogP contribution in [0, 0.1) is 5.82 Å². The van der Waals surface area contributed by atoms with E-state index in [1.54, 1.807) is 4.90 Å². The first kappa shape index (κ1) is 23.5. The smallest absolute Gasteiger partial charge is 0.275 e. The Morgan fingerprint density at radius 1 is 1.12 bits per heavy atom. The van der Waals surface area contributed by atoms with Gasteiger partial charge in [-0.15, -0.1) is 5.69 Å². The number of piperazine rings is 1. The molecule has 1 aliphatic carbocycles. The molecule has 0 unspecified atom stereocenters. The van der Waals surface area contributed by atoms with Crippen molar-refractivity contribution >= 4 is 39.1 Å². The predicted molar refractivity (Wildman–Crippen MR) is 121 cm³/mol. The van der Waals surface area contributed by atoms with E-state index in [1.165, 1.54) is 18.2 Å². The minimum Gasteiger partial charge on any atom is -0.571 e. The second-order valence-corrected chi connectivity index (χ2v) is 10.3. The number of benzene rings is 2. The lowest BCUT2D eigenvalue weighted by Crippen LogP contribution is -3.15. The van der Waals surface area contributed by atoms with Gasteiger partial charge in [-0.2, -0.15) is 0 Å². The molecule has 2 aliphatic rings. The molecule has 1 saturated carbocycles. The van der Waals surface area contributed by atoms with Crippen molar-refractivity contribution in [2.45, 2.75) is 23.8 Å². The number of carbonyl (C=O) groups is 2. The second-order valence-electron chi connectivity index (χ2n) is 8.25. The Labute approximate surface area is 196 Å². The fourth-order valence-electron chi connectivity index (χ4n) is 3.62. The topological polar surface area (TPSA) is 102 Å². The van der Waals surface area contributed by atoms with Gasteiger partial charge in [0.1, 0.15) is 15.8 Å². The molecule has 1 saturated heterocycles. The molecule has 0 radical (unpaired) electrons. The van der Waals surface area contributed by atoms with Gasteiger partial charge < -0.3 is 19.8 Å². The summed E-state index contributed by atoms with van der Waals surface area (Å²) in [6.07, 6.45) is 2.09. The first-order valence-electron chi connectivity index (χ1n) is 10.7. The average molecular weight is 495 g/mol. The van der Waals surface area contributed by atoms with Crippen LogP contribution in [0.1, 0.15) is 23.2 Å². The van der Waals surface area contributed by atoms with Gasteiger partial charge in [0.05, 0.1) is 31.1 Å². The Morgan fingerprint density at radius 3 is 2.42 bits per heavy atom. The lowest BCUT2D eigenvalue weighted by atomic mass is 10.1. The third-order valence-corrected chi connectivity index (χ3v) is 7.26. The molecule has 2 N–H and O–H groups in total. The number of rotatable bonds is 7. The zero-order chi connectivity index (χ0) is 23.6. The van der Waals surface area contributed by atoms with E-state index in [-0.39, 0.29) is 33.0 Å². The molecule has 176 valence electrons. The first-order valence-corrected chi connectivity index (χ1v) is 12.5. The third-order valence-electron chi connectivity index (χ3n) is 5.63. The molecule has 33 heavy (non-hydrogen) atoms. The van der Waals surface area contributed by atoms with Crippen LogP contribution >= 0.6 is 11.6 Å². The van der Waals surface area contributed by atoms with Crippen molar-refractivity contribution in [3.05, 3.63) is 63.6 Å². The highest BCUT2D eigenvalue weighted by atomic mass is 35.5. The van der Waals surface area contributed by atoms with Gasteiger partial charge in [-0.1, -0.05) is 17.7 Å². The largest absolute Gasteiger partial charge is 0.571 e. The molecule has 4 rings (SSSR count). The van der Waals surface area contributed by atoms with Crippen molar-refractivity contribution in [1.82, 2.24) is 10.2 Å². The van der Waals surface area contributed by atoms with Crippen LogP contribution < -0.4 is 10.2 Å². The molecule has 0 spiro atoms. The summed E-state index contributed by atoms with van der Waals surface area (Å²) in [5.41, 5.74) is 0.204. The average Bonchev–Trinajstić information content (AvgIpc) is 3.59. The third kappa shape index (κ3) is 6.01. The normalized spacial score (nSPS) is 17.0. The van der Waals surface area contributed by atoms with Gasteiger partial charge in [-0.3, -0.25) is 9.59 Å². The van der Waals surface area contributed by atoms with E-state index in [1.807, 2.05) is 0 Å². The number of nitrogens with zero attached hydrogens (tertiary/aromatic N) is 2. The van der Waals surface area contributed by atoms with E-state index in [9.17, 15) is 22.4 Å². The molecule has 1 aliphatic heterocycles. The molecule has 0 aromatic heterocycles. The van der Waals surface area contributed by atoms with Crippen LogP contribution in [0.15, 0.2) is 47.4 Å². The van der Waals surface area contributed by atoms with E-state index in [4.69, 9.17) is 11.6 Å². The van der Waals surface area contributed by atoms with Crippen molar-refractivity contribution in [2.75, 3.05) is 32.7 Å². The van der Waals surface area contributed by atoms with Crippen molar-refractivity contribution < 1.29 is 27.3 Å². The molecule has 8 nitrogen and oxygen atoms in total. The Balaban J connectivity index is 1.39. The maximum Gasteiger partial charge on any atom is 0.275 e. The van der Waals surface area contributed by atoms with Crippen LogP contribution in [0.5, 0.6) is 0 Å². The molecule has 2 aromatic rings. The highest BCUT2D eigenvalue weighted by Gasteiger charge is 2.28. The van der Waals surface area contributed by atoms with E-state index in [0.717, 1.165) is 42.0 Å². The number of hydrogen-bond donors (Lipinski definition) is 2. The summed E-state index contributed by atoms with van der Waals surface area (Å²) >= 11 is 6.13. The van der Waals surface area contributed by atoms with Crippen LogP contribution in [0.3, 0.4) is 0 Å². The van der Waals surface area contributed by atoms with E-state index < -0.39 is 15.8 Å². The van der Waals surface area contributed by atoms with Crippen molar-refractivity contribution in [1.29, 1.82) is 0 Å². The molecular formula is C22H24ClFN4O4S. The van der Waals surface area contributed by atoms with Crippen molar-refractivity contribution in [3.63, 3.8) is 0 Å². The second kappa shape index (κ2) is 9.66. The summed E-state index contributed by atoms with van der Waals surface area (Å²) in [5, 5.41) is 3.05. The monoisotopic (exact) mass is 494 g/mol. The van der Waals surface area contributed by atoms with Gasteiger partial charge in [0.2, 0.25) is 0 Å². The fraction of sp³-hybridized carbons (Fsp3) is 0.364. The molecule has 0 atom stereocenters. The van der Waals surface area contributed by atoms with Gasteiger partial charge in [0.25, 0.3) is 11.8 Å². The number of sulfonamides is 1. The number of halogens is 2. The van der Waals surface area contributed by atoms with E-state index in [0.29, 0.717) is 38.8 Å². The Kier molecular flexibility index (Phi) is 6.87. The van der Waals surface area contributed by atoms with E-state index in [2.05, 4.69) is 10.0 Å². The summed E-state index contributed by atoms with van der Waals surface area (Å²) in [6, 6.07) is 8.91. The summed E-state index contributed by atoms with van der Waals surface area (Å²) in [6.45, 7) is 2.65. The highest BCUT2D eigenvalue weighted by Crippen LogP contribution is 2.35. The van der Waals surface area contributed by atoms with Crippen molar-refractivity contribution in [3.8, 4) is 0 Å². The molecule has 2 amide bonds. The quantitative estimate of drug-likeness (QED) is 0.609. The number of nitrogens with one attached hydrogen (secondary N) is 2. The van der Waals surface area contributed by atoms with Crippen LogP contribution in [0.25, 0.3) is 4.72 Å². The molecule has 2 aromatic carbocycles. The Morgan fingerprint density at radius 2 is 1.79 bits per heavy atom. The maximum atomic E-state index is 13.1. The van der Waals surface area contributed by atoms with Crippen LogP contribution in [-0.4, -0.2) is 63.9 Å². The lowest BCUT2D eigenvalue weighted by Gasteiger charge is -2.32. The highest BCUT2D eigenvalue weighted by molar-refractivity contribution is 7.94. The van der Waals surface area contributed by atoms with E-state index >= 15 is 0 Å². The maximum absolute atomic E-state index is 13.1. The summed E-state index contributed by atoms with van der Waals surface area (Å²) < 4.78 is 42.0. The van der Waals surface area contributed by atoms with Crippen molar-refractivity contribution in [2.24, 2.45) is 0 Å². The standard InChI is InChI=1S/C22H23ClFN4O4S/c23-19-8-1-15(13-20(19)26-33(31,32)18-6-2-16(24)3-7-18)22(30)28-11-9-27(10-12-28)14-21(29)25-17-4-5-17/h1-3,6-8,13,17H,4-5,9-12,14H2,(H,25,29)/q-1/p+1. The SMILES string of the molecule is O=C(C[NH+]1CCN(C(=O)c2ccc(Cl)c([N-]S(=O)(=O)c3ccc(F)cc3)c2)CC1)NC1CC1. The Hall–Kier alpha value is -2.69. The zero-order valence-electron chi connectivity index (χ0n) is 17.8. The predicted octanol–water partition coefficient (Wildman–Crippen LogP) is 1.49. The number of amides is 2. The van der Waals surface area contributed by atoms with Gasteiger partial charge in [0.15, 0.2) is 6.54 Å². The lowest BCUT2D eigenvalue weighted by molar-refractivity contribution is -0.896. The summed E-state index contributed by atoms with van der Waals surface area (Å²) in [5.74, 6) is -0.785. The molecule has 11 heteroatoms. The zero-order valence-corrected chi connectivity index (χ0v) is 19.3. The van der Waals surface area contributed by atoms with Crippen LogP contribution in [0.4, 0.5) is 10.1 Å². The van der Waals surface area contributed by atoms with Gasteiger partial charge in [0, 0.05) is 16.6 Å². The summed E-state index contributed by atoms with van der Waals surface area (Å²) in [7, 11) is -4.14.